The van der Waals surface area contributed by atoms with E-state index in [1.165, 1.54) is 6.92 Å². The largest absolute Gasteiger partial charge is 0.393 e. The van der Waals surface area contributed by atoms with E-state index >= 15 is 0 Å². The van der Waals surface area contributed by atoms with E-state index in [1.54, 1.807) is 6.92 Å². The summed E-state index contributed by atoms with van der Waals surface area (Å²) in [7, 11) is 0. The second kappa shape index (κ2) is 6.91. The fourth-order valence-electron chi connectivity index (χ4n) is 0.692. The third kappa shape index (κ3) is 9.36. The number of hydrogen-bond acceptors (Lipinski definition) is 4. The summed E-state index contributed by atoms with van der Waals surface area (Å²) in [6.07, 6.45) is -0.411. The number of nitrogens with one attached hydrogen (secondary N) is 1. The molecule has 0 unspecified atom stereocenters. The van der Waals surface area contributed by atoms with Crippen LogP contribution in [0.4, 0.5) is 0 Å². The molecule has 2 N–H and O–H groups in total. The van der Waals surface area contributed by atoms with E-state index in [4.69, 9.17) is 5.11 Å². The predicted octanol–water partition coefficient (Wildman–Crippen LogP) is 0.153. The molecule has 1 atom stereocenters. The second-order valence-electron chi connectivity index (χ2n) is 2.76. The third-order valence-corrected chi connectivity index (χ3v) is 2.10. The molecule has 4 nitrogen and oxygen atoms in total. The van der Waals surface area contributed by atoms with E-state index < -0.39 is 6.10 Å². The van der Waals surface area contributed by atoms with E-state index in [9.17, 15) is 9.59 Å². The van der Waals surface area contributed by atoms with E-state index in [-0.39, 0.29) is 17.4 Å². The lowest BCUT2D eigenvalue weighted by Crippen LogP contribution is -2.23. The number of aliphatic hydroxyl groups is 1. The van der Waals surface area contributed by atoms with Gasteiger partial charge in [-0.2, -0.15) is 0 Å². The van der Waals surface area contributed by atoms with Crippen LogP contribution in [0.1, 0.15) is 20.3 Å². The highest BCUT2D eigenvalue weighted by Gasteiger charge is 2.06. The molecule has 0 saturated carbocycles. The molecule has 0 aliphatic rings. The van der Waals surface area contributed by atoms with Crippen LogP contribution in [0.5, 0.6) is 0 Å². The molecule has 0 bridgehead atoms. The van der Waals surface area contributed by atoms with Crippen LogP contribution in [0.15, 0.2) is 0 Å². The van der Waals surface area contributed by atoms with Gasteiger partial charge in [-0.15, -0.1) is 0 Å². The van der Waals surface area contributed by atoms with E-state index in [2.05, 4.69) is 5.32 Å². The average Bonchev–Trinajstić information content (AvgIpc) is 1.96. The number of carbonyl (C=O) groups excluding carboxylic acids is 2. The highest BCUT2D eigenvalue weighted by atomic mass is 32.2. The molecule has 1 amide bonds. The Balaban J connectivity index is 3.32. The molecule has 5 heteroatoms. The lowest BCUT2D eigenvalue weighted by atomic mass is 10.3. The summed E-state index contributed by atoms with van der Waals surface area (Å²) in [5.41, 5.74) is 0. The fourth-order valence-corrected chi connectivity index (χ4v) is 1.48. The van der Waals surface area contributed by atoms with Crippen molar-refractivity contribution >= 4 is 22.8 Å². The molecule has 0 heterocycles. The number of carbonyl (C=O) groups is 2. The molecule has 0 fully saturated rings. The average molecular weight is 205 g/mol. The Morgan fingerprint density at radius 2 is 2.15 bits per heavy atom. The van der Waals surface area contributed by atoms with Crippen molar-refractivity contribution in [2.75, 3.05) is 12.3 Å². The van der Waals surface area contributed by atoms with Gasteiger partial charge in [-0.05, 0) is 6.92 Å². The van der Waals surface area contributed by atoms with Crippen molar-refractivity contribution in [2.24, 2.45) is 0 Å². The minimum atomic E-state index is -0.583. The minimum absolute atomic E-state index is 0.0413. The molecule has 0 aromatic heterocycles. The van der Waals surface area contributed by atoms with Crippen molar-refractivity contribution in [3.8, 4) is 0 Å². The Bertz CT molecular complexity index is 182. The molecule has 0 spiro atoms. The van der Waals surface area contributed by atoms with Gasteiger partial charge in [0, 0.05) is 25.6 Å². The molecule has 0 saturated heterocycles. The van der Waals surface area contributed by atoms with Gasteiger partial charge in [0.1, 0.15) is 0 Å². The van der Waals surface area contributed by atoms with Crippen LogP contribution in [-0.4, -0.2) is 34.5 Å². The van der Waals surface area contributed by atoms with Crippen molar-refractivity contribution in [3.05, 3.63) is 0 Å². The van der Waals surface area contributed by atoms with Crippen LogP contribution in [-0.2, 0) is 9.59 Å². The summed E-state index contributed by atoms with van der Waals surface area (Å²) in [4.78, 5) is 21.4. The van der Waals surface area contributed by atoms with Crippen LogP contribution in [0, 0.1) is 0 Å². The van der Waals surface area contributed by atoms with Crippen LogP contribution < -0.4 is 5.32 Å². The van der Waals surface area contributed by atoms with Crippen molar-refractivity contribution in [2.45, 2.75) is 26.4 Å². The first-order valence-corrected chi connectivity index (χ1v) is 5.09. The maximum absolute atomic E-state index is 11.0. The maximum Gasteiger partial charge on any atom is 0.216 e. The summed E-state index contributed by atoms with van der Waals surface area (Å²) < 4.78 is 0. The van der Waals surface area contributed by atoms with Crippen molar-refractivity contribution in [1.29, 1.82) is 0 Å². The van der Waals surface area contributed by atoms with Gasteiger partial charge in [0.2, 0.25) is 5.91 Å². The predicted molar refractivity (Wildman–Crippen MR) is 52.4 cm³/mol. The lowest BCUT2D eigenvalue weighted by molar-refractivity contribution is -0.119. The first kappa shape index (κ1) is 12.4. The fraction of sp³-hybridized carbons (Fsp3) is 0.750. The van der Waals surface area contributed by atoms with Gasteiger partial charge in [0.25, 0.3) is 0 Å². The highest BCUT2D eigenvalue weighted by molar-refractivity contribution is 8.13. The molecular weight excluding hydrogens is 190 g/mol. The standard InChI is InChI=1S/C8H15NO3S/c1-6(10)5-8(12)13-4-3-9-7(2)11/h6,10H,3-5H2,1-2H3,(H,9,11)/t6-/m1/s1. The lowest BCUT2D eigenvalue weighted by Gasteiger charge is -2.03. The summed E-state index contributed by atoms with van der Waals surface area (Å²) in [6.45, 7) is 3.50. The zero-order valence-electron chi connectivity index (χ0n) is 7.87. The van der Waals surface area contributed by atoms with Crippen molar-refractivity contribution < 1.29 is 14.7 Å². The monoisotopic (exact) mass is 205 g/mol. The van der Waals surface area contributed by atoms with Crippen LogP contribution >= 0.6 is 11.8 Å². The smallest absolute Gasteiger partial charge is 0.216 e. The Hall–Kier alpha value is -0.550. The molecule has 0 aliphatic carbocycles. The summed E-state index contributed by atoms with van der Waals surface area (Å²) in [5.74, 6) is 0.467. The second-order valence-corrected chi connectivity index (χ2v) is 3.91. The molecule has 0 rings (SSSR count). The minimum Gasteiger partial charge on any atom is -0.393 e. The normalized spacial score (nSPS) is 12.2. The molecule has 13 heavy (non-hydrogen) atoms. The summed E-state index contributed by atoms with van der Waals surface area (Å²) >= 11 is 1.13. The Morgan fingerprint density at radius 3 is 2.62 bits per heavy atom. The zero-order valence-corrected chi connectivity index (χ0v) is 8.69. The Morgan fingerprint density at radius 1 is 1.54 bits per heavy atom. The van der Waals surface area contributed by atoms with E-state index in [0.717, 1.165) is 11.8 Å². The molecular formula is C8H15NO3S. The van der Waals surface area contributed by atoms with Crippen molar-refractivity contribution in [3.63, 3.8) is 0 Å². The van der Waals surface area contributed by atoms with Crippen LogP contribution in [0.2, 0.25) is 0 Å². The van der Waals surface area contributed by atoms with Crippen LogP contribution in [0.3, 0.4) is 0 Å². The third-order valence-electron chi connectivity index (χ3n) is 1.20. The molecule has 0 radical (unpaired) electrons. The summed E-state index contributed by atoms with van der Waals surface area (Å²) in [6, 6.07) is 0. The SMILES string of the molecule is CC(=O)NCCSC(=O)C[C@@H](C)O. The van der Waals surface area contributed by atoms with Gasteiger partial charge in [0.15, 0.2) is 5.12 Å². The number of rotatable bonds is 5. The Labute approximate surface area is 82.1 Å². The summed E-state index contributed by atoms with van der Waals surface area (Å²) in [5, 5.41) is 11.4. The highest BCUT2D eigenvalue weighted by Crippen LogP contribution is 2.06. The number of thioether (sulfide) groups is 1. The van der Waals surface area contributed by atoms with Gasteiger partial charge >= 0.3 is 0 Å². The molecule has 0 aromatic rings. The van der Waals surface area contributed by atoms with Gasteiger partial charge in [0.05, 0.1) is 6.10 Å². The molecule has 0 aromatic carbocycles. The first-order chi connectivity index (χ1) is 6.02. The van der Waals surface area contributed by atoms with E-state index in [0.29, 0.717) is 12.3 Å². The number of amides is 1. The number of aliphatic hydroxyl groups excluding tert-OH is 1. The Kier molecular flexibility index (Phi) is 6.62. The number of hydrogen-bond donors (Lipinski definition) is 2. The van der Waals surface area contributed by atoms with Gasteiger partial charge < -0.3 is 10.4 Å². The van der Waals surface area contributed by atoms with Gasteiger partial charge in [-0.25, -0.2) is 0 Å². The first-order valence-electron chi connectivity index (χ1n) is 4.10. The topological polar surface area (TPSA) is 66.4 Å². The van der Waals surface area contributed by atoms with Gasteiger partial charge in [-0.3, -0.25) is 9.59 Å². The van der Waals surface area contributed by atoms with Gasteiger partial charge in [-0.1, -0.05) is 11.8 Å². The van der Waals surface area contributed by atoms with E-state index in [1.807, 2.05) is 0 Å². The zero-order chi connectivity index (χ0) is 10.3. The van der Waals surface area contributed by atoms with Crippen LogP contribution in [0.25, 0.3) is 0 Å². The van der Waals surface area contributed by atoms with Crippen molar-refractivity contribution in [1.82, 2.24) is 5.32 Å². The quantitative estimate of drug-likeness (QED) is 0.627. The molecule has 76 valence electrons. The molecule has 0 aliphatic heterocycles. The maximum atomic E-state index is 11.0.